The van der Waals surface area contributed by atoms with Gasteiger partial charge in [-0.1, -0.05) is 36.2 Å². The van der Waals surface area contributed by atoms with Crippen molar-refractivity contribution in [3.63, 3.8) is 0 Å². The van der Waals surface area contributed by atoms with Crippen molar-refractivity contribution in [2.24, 2.45) is 11.1 Å². The molecule has 2 N–H and O–H groups in total. The van der Waals surface area contributed by atoms with E-state index in [2.05, 4.69) is 22.8 Å². The van der Waals surface area contributed by atoms with E-state index in [-0.39, 0.29) is 0 Å². The van der Waals surface area contributed by atoms with Crippen LogP contribution in [-0.4, -0.2) is 43.7 Å². The summed E-state index contributed by atoms with van der Waals surface area (Å²) >= 11 is 12.5. The summed E-state index contributed by atoms with van der Waals surface area (Å²) in [5.41, 5.74) is 7.61. The SMILES string of the molecule is CC1(CCN2CCN(c3cccc(Cl)c3Cl)CC2)CCC(N)CC1. The second-order valence-corrected chi connectivity index (χ2v) is 8.58. The van der Waals surface area contributed by atoms with Crippen molar-refractivity contribution in [2.75, 3.05) is 37.6 Å². The van der Waals surface area contributed by atoms with Gasteiger partial charge in [-0.15, -0.1) is 0 Å². The van der Waals surface area contributed by atoms with Crippen LogP contribution in [0.5, 0.6) is 0 Å². The Bertz CT molecular complexity index is 548. The van der Waals surface area contributed by atoms with Crippen LogP contribution >= 0.6 is 23.2 Å². The maximum Gasteiger partial charge on any atom is 0.0825 e. The summed E-state index contributed by atoms with van der Waals surface area (Å²) in [4.78, 5) is 4.95. The van der Waals surface area contributed by atoms with E-state index in [1.807, 2.05) is 12.1 Å². The number of rotatable bonds is 4. The highest BCUT2D eigenvalue weighted by molar-refractivity contribution is 6.43. The maximum atomic E-state index is 6.36. The summed E-state index contributed by atoms with van der Waals surface area (Å²) in [6, 6.07) is 6.32. The number of benzene rings is 1. The van der Waals surface area contributed by atoms with Gasteiger partial charge in [0.1, 0.15) is 0 Å². The zero-order chi connectivity index (χ0) is 17.2. The lowest BCUT2D eigenvalue weighted by molar-refractivity contribution is 0.146. The second kappa shape index (κ2) is 7.82. The summed E-state index contributed by atoms with van der Waals surface area (Å²) in [6.45, 7) is 7.86. The van der Waals surface area contributed by atoms with E-state index in [1.165, 1.54) is 38.6 Å². The number of anilines is 1. The van der Waals surface area contributed by atoms with E-state index in [1.54, 1.807) is 0 Å². The van der Waals surface area contributed by atoms with Gasteiger partial charge in [0.15, 0.2) is 0 Å². The third kappa shape index (κ3) is 4.37. The second-order valence-electron chi connectivity index (χ2n) is 7.80. The average Bonchev–Trinajstić information content (AvgIpc) is 2.59. The predicted molar refractivity (Wildman–Crippen MR) is 104 cm³/mol. The van der Waals surface area contributed by atoms with E-state index in [9.17, 15) is 0 Å². The molecule has 0 radical (unpaired) electrons. The third-order valence-corrected chi connectivity index (χ3v) is 6.72. The Morgan fingerprint density at radius 1 is 1.12 bits per heavy atom. The highest BCUT2D eigenvalue weighted by atomic mass is 35.5. The zero-order valence-corrected chi connectivity index (χ0v) is 16.1. The molecule has 5 heteroatoms. The van der Waals surface area contributed by atoms with Crippen LogP contribution in [0, 0.1) is 5.41 Å². The van der Waals surface area contributed by atoms with Crippen molar-refractivity contribution >= 4 is 28.9 Å². The predicted octanol–water partition coefficient (Wildman–Crippen LogP) is 4.41. The smallest absolute Gasteiger partial charge is 0.0825 e. The Kier molecular flexibility index (Phi) is 5.97. The van der Waals surface area contributed by atoms with Crippen molar-refractivity contribution in [3.05, 3.63) is 28.2 Å². The number of piperazine rings is 1. The summed E-state index contributed by atoms with van der Waals surface area (Å²) < 4.78 is 0. The average molecular weight is 370 g/mol. The Labute approximate surface area is 156 Å². The maximum absolute atomic E-state index is 6.36. The molecule has 24 heavy (non-hydrogen) atoms. The van der Waals surface area contributed by atoms with E-state index < -0.39 is 0 Å². The molecule has 1 saturated heterocycles. The van der Waals surface area contributed by atoms with Crippen molar-refractivity contribution < 1.29 is 0 Å². The van der Waals surface area contributed by atoms with Gasteiger partial charge in [0, 0.05) is 32.2 Å². The number of halogens is 2. The van der Waals surface area contributed by atoms with Crippen molar-refractivity contribution in [1.29, 1.82) is 0 Å². The molecule has 0 atom stereocenters. The van der Waals surface area contributed by atoms with Gasteiger partial charge in [0.05, 0.1) is 15.7 Å². The molecule has 2 aliphatic rings. The van der Waals surface area contributed by atoms with Crippen LogP contribution in [0.15, 0.2) is 18.2 Å². The topological polar surface area (TPSA) is 32.5 Å². The minimum absolute atomic E-state index is 0.434. The van der Waals surface area contributed by atoms with Crippen LogP contribution < -0.4 is 10.6 Å². The highest BCUT2D eigenvalue weighted by Gasteiger charge is 2.30. The Balaban J connectivity index is 1.48. The molecule has 1 aliphatic carbocycles. The molecule has 1 aromatic rings. The van der Waals surface area contributed by atoms with Crippen LogP contribution in [0.4, 0.5) is 5.69 Å². The molecule has 3 nitrogen and oxygen atoms in total. The molecule has 1 heterocycles. The van der Waals surface area contributed by atoms with Crippen LogP contribution in [0.25, 0.3) is 0 Å². The van der Waals surface area contributed by atoms with Crippen LogP contribution in [0.2, 0.25) is 10.0 Å². The molecule has 1 aliphatic heterocycles. The first kappa shape index (κ1) is 18.3. The fraction of sp³-hybridized carbons (Fsp3) is 0.684. The lowest BCUT2D eigenvalue weighted by Gasteiger charge is -2.40. The third-order valence-electron chi connectivity index (χ3n) is 5.91. The standard InChI is InChI=1S/C19H29Cl2N3/c1-19(7-5-15(22)6-8-19)9-10-23-11-13-24(14-12-23)17-4-2-3-16(20)18(17)21/h2-4,15H,5-14,22H2,1H3. The van der Waals surface area contributed by atoms with Crippen LogP contribution in [0.3, 0.4) is 0 Å². The van der Waals surface area contributed by atoms with Crippen molar-refractivity contribution in [2.45, 2.75) is 45.1 Å². The van der Waals surface area contributed by atoms with Crippen molar-refractivity contribution in [3.8, 4) is 0 Å². The van der Waals surface area contributed by atoms with Gasteiger partial charge in [-0.25, -0.2) is 0 Å². The lowest BCUT2D eigenvalue weighted by atomic mass is 9.72. The van der Waals surface area contributed by atoms with Gasteiger partial charge in [0.25, 0.3) is 0 Å². The van der Waals surface area contributed by atoms with E-state index in [0.717, 1.165) is 31.9 Å². The van der Waals surface area contributed by atoms with Gasteiger partial charge in [-0.05, 0) is 56.2 Å². The molecular weight excluding hydrogens is 341 g/mol. The number of nitrogens with zero attached hydrogens (tertiary/aromatic N) is 2. The molecule has 0 amide bonds. The Hall–Kier alpha value is -0.480. The van der Waals surface area contributed by atoms with Gasteiger partial charge in [-0.3, -0.25) is 4.90 Å². The summed E-state index contributed by atoms with van der Waals surface area (Å²) in [5, 5.41) is 1.32. The largest absolute Gasteiger partial charge is 0.368 e. The summed E-state index contributed by atoms with van der Waals surface area (Å²) in [7, 11) is 0. The molecule has 1 aromatic carbocycles. The number of nitrogens with two attached hydrogens (primary N) is 1. The molecule has 0 unspecified atom stereocenters. The number of hydrogen-bond acceptors (Lipinski definition) is 3. The summed E-state index contributed by atoms with van der Waals surface area (Å²) in [5.74, 6) is 0. The van der Waals surface area contributed by atoms with Gasteiger partial charge >= 0.3 is 0 Å². The molecule has 0 spiro atoms. The lowest BCUT2D eigenvalue weighted by Crippen LogP contribution is -2.47. The minimum atomic E-state index is 0.434. The molecule has 0 bridgehead atoms. The molecule has 2 fully saturated rings. The molecule has 1 saturated carbocycles. The normalized spacial score (nSPS) is 29.0. The van der Waals surface area contributed by atoms with Crippen LogP contribution in [0.1, 0.15) is 39.0 Å². The Morgan fingerprint density at radius 2 is 1.79 bits per heavy atom. The summed E-state index contributed by atoms with van der Waals surface area (Å²) in [6.07, 6.45) is 6.24. The molecule has 0 aromatic heterocycles. The first-order valence-electron chi connectivity index (χ1n) is 9.14. The first-order valence-corrected chi connectivity index (χ1v) is 9.89. The molecular formula is C19H29Cl2N3. The van der Waals surface area contributed by atoms with Crippen molar-refractivity contribution in [1.82, 2.24) is 4.90 Å². The quantitative estimate of drug-likeness (QED) is 0.852. The first-order chi connectivity index (χ1) is 11.5. The van der Waals surface area contributed by atoms with E-state index >= 15 is 0 Å². The van der Waals surface area contributed by atoms with Crippen LogP contribution in [-0.2, 0) is 0 Å². The molecule has 3 rings (SSSR count). The van der Waals surface area contributed by atoms with E-state index in [0.29, 0.717) is 21.5 Å². The Morgan fingerprint density at radius 3 is 2.46 bits per heavy atom. The van der Waals surface area contributed by atoms with Gasteiger partial charge in [-0.2, -0.15) is 0 Å². The van der Waals surface area contributed by atoms with Gasteiger partial charge < -0.3 is 10.6 Å². The van der Waals surface area contributed by atoms with E-state index in [4.69, 9.17) is 28.9 Å². The molecule has 134 valence electrons. The monoisotopic (exact) mass is 369 g/mol. The fourth-order valence-corrected chi connectivity index (χ4v) is 4.38. The highest BCUT2D eigenvalue weighted by Crippen LogP contribution is 2.38. The minimum Gasteiger partial charge on any atom is -0.368 e. The zero-order valence-electron chi connectivity index (χ0n) is 14.6. The number of hydrogen-bond donors (Lipinski definition) is 1. The van der Waals surface area contributed by atoms with Gasteiger partial charge in [0.2, 0.25) is 0 Å². The fourth-order valence-electron chi connectivity index (χ4n) is 3.96.